The highest BCUT2D eigenvalue weighted by molar-refractivity contribution is 6.03. The molecule has 0 aromatic carbocycles. The highest BCUT2D eigenvalue weighted by atomic mass is 16.4. The lowest BCUT2D eigenvalue weighted by molar-refractivity contribution is -0.116. The third-order valence-corrected chi connectivity index (χ3v) is 3.43. The van der Waals surface area contributed by atoms with E-state index in [0.717, 1.165) is 0 Å². The van der Waals surface area contributed by atoms with E-state index in [1.54, 1.807) is 21.1 Å². The number of nitrogens with one attached hydrogen (secondary N) is 3. The Morgan fingerprint density at radius 3 is 2.48 bits per heavy atom. The minimum absolute atomic E-state index is 0.0487. The second kappa shape index (κ2) is 7.62. The molecule has 0 fully saturated rings. The number of hydrogen-bond donors (Lipinski definition) is 4. The molecule has 0 spiro atoms. The number of aromatic carboxylic acids is 1. The first kappa shape index (κ1) is 18.2. The summed E-state index contributed by atoms with van der Waals surface area (Å²) in [5, 5.41) is 17.1. The number of nitrogens with zero attached hydrogens (tertiary/aromatic N) is 3. The fourth-order valence-corrected chi connectivity index (χ4v) is 2.21. The van der Waals surface area contributed by atoms with Crippen molar-refractivity contribution in [2.75, 3.05) is 24.2 Å². The summed E-state index contributed by atoms with van der Waals surface area (Å²) < 4.78 is 2.87. The third-order valence-electron chi connectivity index (χ3n) is 3.43. The van der Waals surface area contributed by atoms with Gasteiger partial charge in [0.15, 0.2) is 5.82 Å². The molecule has 2 heterocycles. The van der Waals surface area contributed by atoms with Crippen LogP contribution in [0.3, 0.4) is 0 Å². The Kier molecular flexibility index (Phi) is 5.55. The van der Waals surface area contributed by atoms with Crippen LogP contribution in [0.1, 0.15) is 27.5 Å². The van der Waals surface area contributed by atoms with Gasteiger partial charge in [0.2, 0.25) is 11.7 Å². The van der Waals surface area contributed by atoms with E-state index in [9.17, 15) is 14.4 Å². The molecular weight excluding hydrogens is 328 g/mol. The van der Waals surface area contributed by atoms with E-state index in [-0.39, 0.29) is 29.7 Å². The number of carboxylic acid groups (broad SMARTS) is 1. The summed E-state index contributed by atoms with van der Waals surface area (Å²) in [4.78, 5) is 39.1. The van der Waals surface area contributed by atoms with E-state index >= 15 is 0 Å². The van der Waals surface area contributed by atoms with Gasteiger partial charge in [-0.2, -0.15) is 0 Å². The van der Waals surface area contributed by atoms with Crippen LogP contribution in [0, 0.1) is 0 Å². The quantitative estimate of drug-likeness (QED) is 0.568. The maximum atomic E-state index is 12.3. The number of anilines is 2. The Balaban J connectivity index is 2.08. The molecule has 0 radical (unpaired) electrons. The molecule has 25 heavy (non-hydrogen) atoms. The lowest BCUT2D eigenvalue weighted by atomic mass is 10.4. The van der Waals surface area contributed by atoms with Crippen LogP contribution in [0.5, 0.6) is 0 Å². The van der Waals surface area contributed by atoms with E-state index < -0.39 is 11.9 Å². The number of hydrogen-bond acceptors (Lipinski definition) is 5. The van der Waals surface area contributed by atoms with Crippen molar-refractivity contribution in [2.24, 2.45) is 14.1 Å². The largest absolute Gasteiger partial charge is 0.477 e. The molecular formula is C15H20N6O4. The zero-order valence-corrected chi connectivity index (χ0v) is 14.2. The van der Waals surface area contributed by atoms with E-state index in [1.807, 2.05) is 0 Å². The third kappa shape index (κ3) is 4.44. The average Bonchev–Trinajstić information content (AvgIpc) is 3.07. The molecule has 0 atom stereocenters. The van der Waals surface area contributed by atoms with E-state index in [2.05, 4.69) is 20.9 Å². The molecule has 0 aliphatic carbocycles. The van der Waals surface area contributed by atoms with Gasteiger partial charge in [0.05, 0.1) is 5.69 Å². The van der Waals surface area contributed by atoms with Gasteiger partial charge in [-0.15, -0.1) is 0 Å². The number of carbonyl (C=O) groups excluding carboxylic acids is 2. The molecule has 0 bridgehead atoms. The molecule has 0 saturated carbocycles. The summed E-state index contributed by atoms with van der Waals surface area (Å²) >= 11 is 0. The molecule has 10 heteroatoms. The van der Waals surface area contributed by atoms with Crippen molar-refractivity contribution in [3.8, 4) is 0 Å². The Morgan fingerprint density at radius 2 is 1.88 bits per heavy atom. The minimum atomic E-state index is -1.09. The number of imidazole rings is 1. The smallest absolute Gasteiger partial charge is 0.352 e. The lowest BCUT2D eigenvalue weighted by Crippen LogP contribution is -2.19. The number of aryl methyl sites for hydroxylation is 2. The van der Waals surface area contributed by atoms with E-state index in [1.165, 1.54) is 27.6 Å². The first-order chi connectivity index (χ1) is 11.8. The molecule has 10 nitrogen and oxygen atoms in total. The topological polar surface area (TPSA) is 130 Å². The SMILES string of the molecule is CNCCC(=O)Nc1cn(C)c(C(=O)Nc2cc(C(=O)O)n(C)c2)n1. The molecule has 2 rings (SSSR count). The zero-order chi connectivity index (χ0) is 18.6. The Hall–Kier alpha value is -3.14. The fraction of sp³-hybridized carbons (Fsp3) is 0.333. The summed E-state index contributed by atoms with van der Waals surface area (Å²) in [6.07, 6.45) is 3.31. The first-order valence-electron chi connectivity index (χ1n) is 7.50. The van der Waals surface area contributed by atoms with Crippen LogP contribution in [0.2, 0.25) is 0 Å². The summed E-state index contributed by atoms with van der Waals surface area (Å²) in [7, 11) is 4.94. The predicted octanol–water partition coefficient (Wildman–Crippen LogP) is 0.257. The normalized spacial score (nSPS) is 10.5. The van der Waals surface area contributed by atoms with Crippen LogP contribution >= 0.6 is 0 Å². The van der Waals surface area contributed by atoms with Crippen LogP contribution in [-0.4, -0.2) is 50.6 Å². The average molecular weight is 348 g/mol. The van der Waals surface area contributed by atoms with Gasteiger partial charge in [-0.1, -0.05) is 0 Å². The summed E-state index contributed by atoms with van der Waals surface area (Å²) in [6, 6.07) is 1.35. The van der Waals surface area contributed by atoms with Gasteiger partial charge in [0, 0.05) is 39.5 Å². The minimum Gasteiger partial charge on any atom is -0.477 e. The number of aromatic nitrogens is 3. The Morgan fingerprint density at radius 1 is 1.16 bits per heavy atom. The number of amides is 2. The van der Waals surface area contributed by atoms with Gasteiger partial charge in [-0.05, 0) is 13.1 Å². The molecule has 2 amide bonds. The highest BCUT2D eigenvalue weighted by Gasteiger charge is 2.17. The summed E-state index contributed by atoms with van der Waals surface area (Å²) in [5.41, 5.74) is 0.389. The summed E-state index contributed by atoms with van der Waals surface area (Å²) in [5.74, 6) is -1.46. The highest BCUT2D eigenvalue weighted by Crippen LogP contribution is 2.15. The molecule has 0 unspecified atom stereocenters. The van der Waals surface area contributed by atoms with Crippen LogP contribution in [0.4, 0.5) is 11.5 Å². The standard InChI is InChI=1S/C15H20N6O4/c1-16-5-4-12(22)18-11-8-21(3)13(19-11)14(23)17-9-6-10(15(24)25)20(2)7-9/h6-8,16H,4-5H2,1-3H3,(H,17,23)(H,18,22)(H,24,25). The van der Waals surface area contributed by atoms with Gasteiger partial charge in [-0.25, -0.2) is 9.78 Å². The van der Waals surface area contributed by atoms with Crippen molar-refractivity contribution in [2.45, 2.75) is 6.42 Å². The van der Waals surface area contributed by atoms with Crippen LogP contribution < -0.4 is 16.0 Å². The van der Waals surface area contributed by atoms with Gasteiger partial charge < -0.3 is 30.2 Å². The van der Waals surface area contributed by atoms with Gasteiger partial charge >= 0.3 is 5.97 Å². The Labute approximate surface area is 143 Å². The van der Waals surface area contributed by atoms with Crippen LogP contribution in [0.15, 0.2) is 18.5 Å². The zero-order valence-electron chi connectivity index (χ0n) is 14.2. The monoisotopic (exact) mass is 348 g/mol. The van der Waals surface area contributed by atoms with Crippen molar-refractivity contribution in [3.63, 3.8) is 0 Å². The molecule has 0 aliphatic heterocycles. The molecule has 0 aliphatic rings. The predicted molar refractivity (Wildman–Crippen MR) is 90.7 cm³/mol. The van der Waals surface area contributed by atoms with Gasteiger partial charge in [-0.3, -0.25) is 9.59 Å². The second-order valence-corrected chi connectivity index (χ2v) is 5.45. The van der Waals surface area contributed by atoms with Crippen molar-refractivity contribution < 1.29 is 19.5 Å². The van der Waals surface area contributed by atoms with E-state index in [0.29, 0.717) is 12.2 Å². The number of carboxylic acids is 1. The van der Waals surface area contributed by atoms with Gasteiger partial charge in [0.1, 0.15) is 5.69 Å². The number of carbonyl (C=O) groups is 3. The van der Waals surface area contributed by atoms with Crippen LogP contribution in [-0.2, 0) is 18.9 Å². The van der Waals surface area contributed by atoms with Crippen molar-refractivity contribution in [1.82, 2.24) is 19.4 Å². The Bertz CT molecular complexity index is 807. The molecule has 134 valence electrons. The van der Waals surface area contributed by atoms with Gasteiger partial charge in [0.25, 0.3) is 5.91 Å². The van der Waals surface area contributed by atoms with E-state index in [4.69, 9.17) is 5.11 Å². The molecule has 4 N–H and O–H groups in total. The second-order valence-electron chi connectivity index (χ2n) is 5.45. The van der Waals surface area contributed by atoms with Crippen molar-refractivity contribution in [3.05, 3.63) is 30.0 Å². The lowest BCUT2D eigenvalue weighted by Gasteiger charge is -2.02. The molecule has 0 saturated heterocycles. The maximum Gasteiger partial charge on any atom is 0.352 e. The van der Waals surface area contributed by atoms with Crippen molar-refractivity contribution in [1.29, 1.82) is 0 Å². The fourth-order valence-electron chi connectivity index (χ4n) is 2.21. The summed E-state index contributed by atoms with van der Waals surface area (Å²) in [6.45, 7) is 0.534. The maximum absolute atomic E-state index is 12.3. The molecule has 2 aromatic rings. The molecule has 2 aromatic heterocycles. The van der Waals surface area contributed by atoms with Crippen LogP contribution in [0.25, 0.3) is 0 Å². The van der Waals surface area contributed by atoms with Crippen molar-refractivity contribution >= 4 is 29.3 Å². The first-order valence-corrected chi connectivity index (χ1v) is 7.50. The number of rotatable bonds is 7.